The van der Waals surface area contributed by atoms with Crippen molar-refractivity contribution in [1.29, 1.82) is 0 Å². The third kappa shape index (κ3) is 4.15. The lowest BCUT2D eigenvalue weighted by atomic mass is 9.86. The molecule has 2 atom stereocenters. The molecule has 2 aromatic heterocycles. The summed E-state index contributed by atoms with van der Waals surface area (Å²) in [6, 6.07) is 14.2. The molecule has 33 heavy (non-hydrogen) atoms. The van der Waals surface area contributed by atoms with Gasteiger partial charge in [-0.1, -0.05) is 50.1 Å². The van der Waals surface area contributed by atoms with Gasteiger partial charge in [-0.05, 0) is 42.5 Å². The third-order valence-electron chi connectivity index (χ3n) is 6.78. The zero-order valence-electron chi connectivity index (χ0n) is 18.6. The number of hydrogen-bond acceptors (Lipinski definition) is 3. The number of para-hydroxylation sites is 1. The molecule has 2 heterocycles. The van der Waals surface area contributed by atoms with Gasteiger partial charge in [-0.3, -0.25) is 9.59 Å². The van der Waals surface area contributed by atoms with Crippen molar-refractivity contribution < 1.29 is 9.18 Å². The smallest absolute Gasteiger partial charge is 0.291 e. The van der Waals surface area contributed by atoms with Crippen molar-refractivity contribution in [2.75, 3.05) is 0 Å². The van der Waals surface area contributed by atoms with E-state index in [1.165, 1.54) is 23.2 Å². The van der Waals surface area contributed by atoms with E-state index in [2.05, 4.69) is 17.3 Å². The van der Waals surface area contributed by atoms with Gasteiger partial charge < -0.3 is 9.88 Å². The molecule has 1 N–H and O–H groups in total. The lowest BCUT2D eigenvalue weighted by Crippen LogP contribution is -2.43. The van der Waals surface area contributed by atoms with Crippen molar-refractivity contribution in [3.05, 3.63) is 76.5 Å². The van der Waals surface area contributed by atoms with Gasteiger partial charge in [0.2, 0.25) is 5.91 Å². The number of nitrogens with zero attached hydrogens (tertiary/aromatic N) is 3. The summed E-state index contributed by atoms with van der Waals surface area (Å²) in [7, 11) is 0. The Hall–Kier alpha value is -3.48. The van der Waals surface area contributed by atoms with Crippen molar-refractivity contribution >= 4 is 27.7 Å². The van der Waals surface area contributed by atoms with Gasteiger partial charge in [-0.25, -0.2) is 9.07 Å². The molecule has 170 valence electrons. The second kappa shape index (κ2) is 8.81. The molecule has 1 amide bonds. The van der Waals surface area contributed by atoms with Crippen molar-refractivity contribution in [3.8, 4) is 0 Å². The second-order valence-corrected chi connectivity index (χ2v) is 9.04. The van der Waals surface area contributed by atoms with Crippen LogP contribution in [0.1, 0.15) is 38.2 Å². The number of halogens is 1. The summed E-state index contributed by atoms with van der Waals surface area (Å²) in [6.45, 7) is 2.46. The molecule has 2 unspecified atom stereocenters. The zero-order valence-corrected chi connectivity index (χ0v) is 18.6. The van der Waals surface area contributed by atoms with Crippen LogP contribution in [0.25, 0.3) is 21.8 Å². The summed E-state index contributed by atoms with van der Waals surface area (Å²) in [5, 5.41) is 9.09. The van der Waals surface area contributed by atoms with E-state index in [0.29, 0.717) is 18.0 Å². The number of fused-ring (bicyclic) bond motifs is 3. The predicted molar refractivity (Wildman–Crippen MR) is 127 cm³/mol. The highest BCUT2D eigenvalue weighted by Gasteiger charge is 2.23. The number of carbonyl (C=O) groups excluding carboxylic acids is 1. The Kier molecular flexibility index (Phi) is 5.70. The van der Waals surface area contributed by atoms with Gasteiger partial charge in [0.15, 0.2) is 0 Å². The first-order chi connectivity index (χ1) is 16.0. The number of amides is 1. The molecule has 2 aromatic carbocycles. The lowest BCUT2D eigenvalue weighted by Gasteiger charge is -2.29. The number of nitrogens with one attached hydrogen (secondary N) is 1. The Bertz CT molecular complexity index is 1370. The third-order valence-corrected chi connectivity index (χ3v) is 6.78. The molecule has 6 nitrogen and oxygen atoms in total. The van der Waals surface area contributed by atoms with Crippen LogP contribution in [0.15, 0.2) is 59.5 Å². The average molecular weight is 447 g/mol. The van der Waals surface area contributed by atoms with E-state index in [9.17, 15) is 14.0 Å². The van der Waals surface area contributed by atoms with Crippen LogP contribution in [0, 0.1) is 11.7 Å². The Morgan fingerprint density at radius 3 is 2.64 bits per heavy atom. The highest BCUT2D eigenvalue weighted by atomic mass is 19.1. The summed E-state index contributed by atoms with van der Waals surface area (Å²) in [5.41, 5.74) is 1.96. The standard InChI is InChI=1S/C26H27FN4O2/c1-17-6-2-4-8-22(17)29-24(32)16-31-26(33)25-21(14-28-31)20-7-3-5-9-23(20)30(25)15-18-10-12-19(27)13-11-18/h3,5,7,9-14,17,22H,2,4,6,8,15-16H2,1H3,(H,29,32). The molecule has 1 fully saturated rings. The van der Waals surface area contributed by atoms with Gasteiger partial charge in [0.25, 0.3) is 5.56 Å². The van der Waals surface area contributed by atoms with E-state index < -0.39 is 0 Å². The average Bonchev–Trinajstić information content (AvgIpc) is 3.13. The molecule has 5 rings (SSSR count). The molecule has 4 aromatic rings. The van der Waals surface area contributed by atoms with Crippen molar-refractivity contribution in [2.45, 2.75) is 51.7 Å². The Balaban J connectivity index is 1.52. The van der Waals surface area contributed by atoms with Crippen molar-refractivity contribution in [2.24, 2.45) is 5.92 Å². The fourth-order valence-corrected chi connectivity index (χ4v) is 4.96. The molecule has 0 radical (unpaired) electrons. The van der Waals surface area contributed by atoms with Crippen LogP contribution < -0.4 is 10.9 Å². The van der Waals surface area contributed by atoms with Crippen LogP contribution in [0.3, 0.4) is 0 Å². The normalized spacial score (nSPS) is 18.6. The first-order valence-electron chi connectivity index (χ1n) is 11.5. The summed E-state index contributed by atoms with van der Waals surface area (Å²) >= 11 is 0. The molecule has 1 aliphatic rings. The minimum atomic E-state index is -0.308. The first-order valence-corrected chi connectivity index (χ1v) is 11.5. The maximum Gasteiger partial charge on any atom is 0.291 e. The van der Waals surface area contributed by atoms with E-state index in [-0.39, 0.29) is 29.9 Å². The maximum atomic E-state index is 13.5. The predicted octanol–water partition coefficient (Wildman–Crippen LogP) is 4.23. The largest absolute Gasteiger partial charge is 0.351 e. The summed E-state index contributed by atoms with van der Waals surface area (Å²) in [6.07, 6.45) is 6.06. The van der Waals surface area contributed by atoms with E-state index >= 15 is 0 Å². The monoisotopic (exact) mass is 446 g/mol. The number of hydrogen-bond donors (Lipinski definition) is 1. The number of carbonyl (C=O) groups is 1. The number of benzene rings is 2. The molecule has 0 bridgehead atoms. The van der Waals surface area contributed by atoms with Gasteiger partial charge in [0, 0.05) is 28.9 Å². The van der Waals surface area contributed by atoms with E-state index in [4.69, 9.17) is 0 Å². The van der Waals surface area contributed by atoms with E-state index in [1.807, 2.05) is 28.8 Å². The second-order valence-electron chi connectivity index (χ2n) is 9.04. The quantitative estimate of drug-likeness (QED) is 0.499. The van der Waals surface area contributed by atoms with Gasteiger partial charge in [-0.15, -0.1) is 0 Å². The number of rotatable bonds is 5. The SMILES string of the molecule is CC1CCCCC1NC(=O)Cn1ncc2c3ccccc3n(Cc3ccc(F)cc3)c2c1=O. The van der Waals surface area contributed by atoms with Crippen molar-refractivity contribution in [1.82, 2.24) is 19.7 Å². The molecule has 0 aliphatic heterocycles. The summed E-state index contributed by atoms with van der Waals surface area (Å²) in [4.78, 5) is 26.2. The van der Waals surface area contributed by atoms with Gasteiger partial charge in [0.05, 0.1) is 6.20 Å². The van der Waals surface area contributed by atoms with Crippen molar-refractivity contribution in [3.63, 3.8) is 0 Å². The van der Waals surface area contributed by atoms with E-state index in [1.54, 1.807) is 18.3 Å². The molecule has 7 heteroatoms. The minimum absolute atomic E-state index is 0.115. The Morgan fingerprint density at radius 1 is 1.09 bits per heavy atom. The molecule has 1 saturated carbocycles. The van der Waals surface area contributed by atoms with Gasteiger partial charge >= 0.3 is 0 Å². The maximum absolute atomic E-state index is 13.5. The first kappa shape index (κ1) is 21.4. The van der Waals surface area contributed by atoms with Crippen LogP contribution in [-0.2, 0) is 17.9 Å². The number of aromatic nitrogens is 3. The summed E-state index contributed by atoms with van der Waals surface area (Å²) in [5.74, 6) is -0.0529. The summed E-state index contributed by atoms with van der Waals surface area (Å²) < 4.78 is 16.6. The fraction of sp³-hybridized carbons (Fsp3) is 0.346. The molecular formula is C26H27FN4O2. The fourth-order valence-electron chi connectivity index (χ4n) is 4.96. The van der Waals surface area contributed by atoms with Gasteiger partial charge in [-0.2, -0.15) is 5.10 Å². The topological polar surface area (TPSA) is 68.9 Å². The van der Waals surface area contributed by atoms with Gasteiger partial charge in [0.1, 0.15) is 17.9 Å². The zero-order chi connectivity index (χ0) is 22.9. The van der Waals surface area contributed by atoms with Crippen LogP contribution in [0.2, 0.25) is 0 Å². The van der Waals surface area contributed by atoms with Crippen LogP contribution in [0.5, 0.6) is 0 Å². The van der Waals surface area contributed by atoms with Crippen LogP contribution in [0.4, 0.5) is 4.39 Å². The molecule has 0 saturated heterocycles. The highest BCUT2D eigenvalue weighted by Crippen LogP contribution is 2.27. The van der Waals surface area contributed by atoms with E-state index in [0.717, 1.165) is 41.1 Å². The minimum Gasteiger partial charge on any atom is -0.351 e. The van der Waals surface area contributed by atoms with Crippen LogP contribution in [-0.4, -0.2) is 26.3 Å². The van der Waals surface area contributed by atoms with Crippen LogP contribution >= 0.6 is 0 Å². The lowest BCUT2D eigenvalue weighted by molar-refractivity contribution is -0.123. The molecule has 1 aliphatic carbocycles. The highest BCUT2D eigenvalue weighted by molar-refractivity contribution is 6.07. The molecule has 0 spiro atoms. The Morgan fingerprint density at radius 2 is 1.85 bits per heavy atom. The Labute approximate surface area is 191 Å². The molecular weight excluding hydrogens is 419 g/mol.